The highest BCUT2D eigenvalue weighted by Gasteiger charge is 2.18. The van der Waals surface area contributed by atoms with Gasteiger partial charge in [-0.05, 0) is 34.5 Å². The quantitative estimate of drug-likeness (QED) is 0.786. The van der Waals surface area contributed by atoms with Gasteiger partial charge in [0.1, 0.15) is 5.75 Å². The molecule has 0 aliphatic rings. The second kappa shape index (κ2) is 6.17. The molecule has 2 aromatic rings. The van der Waals surface area contributed by atoms with Gasteiger partial charge < -0.3 is 4.74 Å². The second-order valence-corrected chi connectivity index (χ2v) is 5.10. The van der Waals surface area contributed by atoms with Gasteiger partial charge >= 0.3 is 0 Å². The molecule has 1 aromatic heterocycles. The van der Waals surface area contributed by atoms with Crippen molar-refractivity contribution in [1.82, 2.24) is 15.0 Å². The van der Waals surface area contributed by atoms with Crippen LogP contribution in [0, 0.1) is 0 Å². The summed E-state index contributed by atoms with van der Waals surface area (Å²) in [7, 11) is 1.61. The molecule has 20 heavy (non-hydrogen) atoms. The molecule has 0 saturated carbocycles. The molecule has 0 bridgehead atoms. The van der Waals surface area contributed by atoms with E-state index in [9.17, 15) is 4.79 Å². The molecule has 0 amide bonds. The van der Waals surface area contributed by atoms with Crippen molar-refractivity contribution >= 4 is 21.7 Å². The van der Waals surface area contributed by atoms with Crippen molar-refractivity contribution < 1.29 is 9.53 Å². The zero-order chi connectivity index (χ0) is 14.7. The minimum atomic E-state index is 0.0113. The number of Topliss-reactive ketones (excluding diaryl/α,β-unsaturated/α-hetero) is 1. The first-order valence-corrected chi connectivity index (χ1v) is 7.23. The first kappa shape index (κ1) is 14.7. The van der Waals surface area contributed by atoms with Gasteiger partial charge in [0.15, 0.2) is 11.5 Å². The summed E-state index contributed by atoms with van der Waals surface area (Å²) in [6, 6.07) is 5.65. The Morgan fingerprint density at radius 1 is 1.40 bits per heavy atom. The van der Waals surface area contributed by atoms with E-state index < -0.39 is 0 Å². The molecule has 0 N–H and O–H groups in total. The van der Waals surface area contributed by atoms with Crippen LogP contribution in [0.5, 0.6) is 5.75 Å². The van der Waals surface area contributed by atoms with Gasteiger partial charge in [0, 0.05) is 12.5 Å². The van der Waals surface area contributed by atoms with E-state index in [1.165, 1.54) is 0 Å². The number of carbonyl (C=O) groups excluding carboxylic acids is 1. The fraction of sp³-hybridized carbons (Fsp3) is 0.357. The van der Waals surface area contributed by atoms with E-state index in [2.05, 4.69) is 26.2 Å². The highest BCUT2D eigenvalue weighted by atomic mass is 79.9. The third-order valence-electron chi connectivity index (χ3n) is 3.06. The second-order valence-electron chi connectivity index (χ2n) is 4.25. The number of rotatable bonds is 5. The van der Waals surface area contributed by atoms with Crippen LogP contribution in [0.25, 0.3) is 5.69 Å². The smallest absolute Gasteiger partial charge is 0.184 e. The Balaban J connectivity index is 2.53. The summed E-state index contributed by atoms with van der Waals surface area (Å²) in [6.07, 6.45) is 1.11. The lowest BCUT2D eigenvalue weighted by Crippen LogP contribution is -2.06. The summed E-state index contributed by atoms with van der Waals surface area (Å²) in [4.78, 5) is 11.9. The number of halogens is 1. The number of carbonyl (C=O) groups is 1. The first-order chi connectivity index (χ1) is 9.62. The minimum Gasteiger partial charge on any atom is -0.495 e. The molecule has 0 unspecified atom stereocenters. The van der Waals surface area contributed by atoms with Gasteiger partial charge in [-0.25, -0.2) is 4.68 Å². The van der Waals surface area contributed by atoms with E-state index in [0.717, 1.165) is 15.9 Å². The Morgan fingerprint density at radius 2 is 2.15 bits per heavy atom. The van der Waals surface area contributed by atoms with Crippen molar-refractivity contribution in [2.24, 2.45) is 0 Å². The van der Waals surface area contributed by atoms with E-state index in [-0.39, 0.29) is 5.78 Å². The highest BCUT2D eigenvalue weighted by molar-refractivity contribution is 9.10. The Hall–Kier alpha value is -1.69. The van der Waals surface area contributed by atoms with Gasteiger partial charge in [0.05, 0.1) is 23.0 Å². The van der Waals surface area contributed by atoms with Crippen LogP contribution in [-0.4, -0.2) is 27.9 Å². The van der Waals surface area contributed by atoms with E-state index in [4.69, 9.17) is 4.74 Å². The summed E-state index contributed by atoms with van der Waals surface area (Å²) in [5, 5.41) is 8.13. The number of nitrogens with zero attached hydrogens (tertiary/aromatic N) is 3. The fourth-order valence-corrected chi connectivity index (χ4v) is 2.40. The average Bonchev–Trinajstić information content (AvgIpc) is 2.90. The molecule has 1 aromatic carbocycles. The number of aromatic nitrogens is 3. The van der Waals surface area contributed by atoms with Crippen LogP contribution in [-0.2, 0) is 6.42 Å². The summed E-state index contributed by atoms with van der Waals surface area (Å²) < 4.78 is 7.84. The fourth-order valence-electron chi connectivity index (χ4n) is 1.99. The molecule has 0 fully saturated rings. The van der Waals surface area contributed by atoms with Crippen molar-refractivity contribution in [2.75, 3.05) is 7.11 Å². The van der Waals surface area contributed by atoms with Gasteiger partial charge in [0.2, 0.25) is 0 Å². The van der Waals surface area contributed by atoms with Crippen LogP contribution in [0.3, 0.4) is 0 Å². The molecule has 106 valence electrons. The van der Waals surface area contributed by atoms with Crippen molar-refractivity contribution in [3.05, 3.63) is 34.1 Å². The van der Waals surface area contributed by atoms with Gasteiger partial charge in [-0.3, -0.25) is 4.79 Å². The molecular formula is C14H16BrN3O2. The van der Waals surface area contributed by atoms with E-state index in [0.29, 0.717) is 24.3 Å². The van der Waals surface area contributed by atoms with Crippen LogP contribution in [0.15, 0.2) is 22.7 Å². The summed E-state index contributed by atoms with van der Waals surface area (Å²) in [5.74, 6) is 0.723. The molecule has 1 heterocycles. The number of hydrogen-bond donors (Lipinski definition) is 0. The Labute approximate surface area is 126 Å². The lowest BCUT2D eigenvalue weighted by atomic mass is 10.1. The topological polar surface area (TPSA) is 57.0 Å². The van der Waals surface area contributed by atoms with E-state index in [1.54, 1.807) is 11.8 Å². The maximum absolute atomic E-state index is 11.9. The van der Waals surface area contributed by atoms with E-state index >= 15 is 0 Å². The molecule has 0 spiro atoms. The maximum atomic E-state index is 11.9. The van der Waals surface area contributed by atoms with Crippen molar-refractivity contribution in [3.8, 4) is 11.4 Å². The Kier molecular flexibility index (Phi) is 4.54. The zero-order valence-electron chi connectivity index (χ0n) is 11.7. The van der Waals surface area contributed by atoms with Crippen molar-refractivity contribution in [2.45, 2.75) is 26.7 Å². The predicted molar refractivity (Wildman–Crippen MR) is 79.6 cm³/mol. The molecule has 0 atom stereocenters. The number of hydrogen-bond acceptors (Lipinski definition) is 4. The average molecular weight is 338 g/mol. The standard InChI is InChI=1S/C14H16BrN3O2/c1-4-11-14(12(19)5-2)16-17-18(11)9-6-7-10(15)13(8-9)20-3/h6-8H,4-5H2,1-3H3. The van der Waals surface area contributed by atoms with Gasteiger partial charge in [-0.2, -0.15) is 0 Å². The summed E-state index contributed by atoms with van der Waals surface area (Å²) >= 11 is 3.41. The number of methoxy groups -OCH3 is 1. The lowest BCUT2D eigenvalue weighted by molar-refractivity contribution is 0.0982. The third-order valence-corrected chi connectivity index (χ3v) is 3.72. The van der Waals surface area contributed by atoms with Crippen LogP contribution >= 0.6 is 15.9 Å². The number of ketones is 1. The van der Waals surface area contributed by atoms with Crippen LogP contribution in [0.2, 0.25) is 0 Å². The monoisotopic (exact) mass is 337 g/mol. The molecule has 0 radical (unpaired) electrons. The molecule has 0 saturated heterocycles. The SMILES string of the molecule is CCC(=O)c1nnn(-c2ccc(Br)c(OC)c2)c1CC. The van der Waals surface area contributed by atoms with Crippen molar-refractivity contribution in [1.29, 1.82) is 0 Å². The molecular weight excluding hydrogens is 322 g/mol. The van der Waals surface area contributed by atoms with Gasteiger partial charge in [0.25, 0.3) is 0 Å². The van der Waals surface area contributed by atoms with Crippen LogP contribution in [0.4, 0.5) is 0 Å². The lowest BCUT2D eigenvalue weighted by Gasteiger charge is -2.09. The Morgan fingerprint density at radius 3 is 2.75 bits per heavy atom. The number of ether oxygens (including phenoxy) is 1. The van der Waals surface area contributed by atoms with Gasteiger partial charge in [-0.15, -0.1) is 5.10 Å². The molecule has 0 aliphatic carbocycles. The van der Waals surface area contributed by atoms with Crippen LogP contribution < -0.4 is 4.74 Å². The zero-order valence-corrected chi connectivity index (χ0v) is 13.3. The minimum absolute atomic E-state index is 0.0113. The maximum Gasteiger partial charge on any atom is 0.184 e. The summed E-state index contributed by atoms with van der Waals surface area (Å²) in [5.41, 5.74) is 2.10. The Bertz CT molecular complexity index is 637. The van der Waals surface area contributed by atoms with Gasteiger partial charge in [-0.1, -0.05) is 19.1 Å². The highest BCUT2D eigenvalue weighted by Crippen LogP contribution is 2.27. The van der Waals surface area contributed by atoms with Crippen molar-refractivity contribution in [3.63, 3.8) is 0 Å². The van der Waals surface area contributed by atoms with Crippen LogP contribution in [0.1, 0.15) is 36.5 Å². The molecule has 0 aliphatic heterocycles. The predicted octanol–water partition coefficient (Wildman–Crippen LogP) is 3.19. The number of benzene rings is 1. The third kappa shape index (κ3) is 2.60. The first-order valence-electron chi connectivity index (χ1n) is 6.44. The van der Waals surface area contributed by atoms with E-state index in [1.807, 2.05) is 32.0 Å². The molecule has 5 nitrogen and oxygen atoms in total. The largest absolute Gasteiger partial charge is 0.495 e. The molecule has 6 heteroatoms. The normalized spacial score (nSPS) is 10.6. The molecule has 2 rings (SSSR count). The summed E-state index contributed by atoms with van der Waals surface area (Å²) in [6.45, 7) is 3.81.